The third-order valence-corrected chi connectivity index (χ3v) is 4.00. The normalized spacial score (nSPS) is 12.2. The third kappa shape index (κ3) is 2.40. The molecule has 2 heteroatoms. The molecule has 0 aliphatic heterocycles. The summed E-state index contributed by atoms with van der Waals surface area (Å²) in [6.45, 7) is 0. The Kier molecular flexibility index (Phi) is 3.20. The van der Waals surface area contributed by atoms with Crippen molar-refractivity contribution >= 4 is 11.9 Å². The van der Waals surface area contributed by atoms with Gasteiger partial charge in [0.15, 0.2) is 0 Å². The summed E-state index contributed by atoms with van der Waals surface area (Å²) in [6.07, 6.45) is 2.88. The van der Waals surface area contributed by atoms with Gasteiger partial charge in [0.2, 0.25) is 0 Å². The van der Waals surface area contributed by atoms with Crippen molar-refractivity contribution in [3.63, 3.8) is 0 Å². The van der Waals surface area contributed by atoms with E-state index >= 15 is 0 Å². The highest BCUT2D eigenvalue weighted by molar-refractivity contribution is 5.85. The van der Waals surface area contributed by atoms with Gasteiger partial charge in [0.05, 0.1) is 11.9 Å². The molecule has 2 nitrogen and oxygen atoms in total. The molecule has 3 aromatic rings. The van der Waals surface area contributed by atoms with Crippen LogP contribution in [0.5, 0.6) is 0 Å². The molecule has 0 spiro atoms. The lowest BCUT2D eigenvalue weighted by molar-refractivity contribution is 1.26. The maximum Gasteiger partial charge on any atom is 0.0561 e. The minimum atomic E-state index is 0.993. The number of nitrogens with one attached hydrogen (secondary N) is 1. The molecule has 0 saturated heterocycles. The van der Waals surface area contributed by atoms with Gasteiger partial charge in [0.1, 0.15) is 0 Å². The summed E-state index contributed by atoms with van der Waals surface area (Å²) >= 11 is 0. The lowest BCUT2D eigenvalue weighted by Crippen LogP contribution is -1.91. The van der Waals surface area contributed by atoms with Crippen molar-refractivity contribution in [3.05, 3.63) is 89.5 Å². The van der Waals surface area contributed by atoms with E-state index in [2.05, 4.69) is 53.0 Å². The first-order valence-electron chi connectivity index (χ1n) is 7.45. The average molecular weight is 284 g/mol. The zero-order chi connectivity index (χ0) is 14.8. The molecule has 106 valence electrons. The van der Waals surface area contributed by atoms with E-state index in [0.29, 0.717) is 0 Å². The Morgan fingerprint density at radius 3 is 2.45 bits per heavy atom. The minimum Gasteiger partial charge on any atom is -0.279 e. The number of fused-ring (bicyclic) bond motifs is 3. The fourth-order valence-corrected chi connectivity index (χ4v) is 2.94. The van der Waals surface area contributed by atoms with Crippen molar-refractivity contribution < 1.29 is 0 Å². The summed E-state index contributed by atoms with van der Waals surface area (Å²) in [5, 5.41) is 4.31. The van der Waals surface area contributed by atoms with Crippen LogP contribution in [0.15, 0.2) is 77.9 Å². The lowest BCUT2D eigenvalue weighted by atomic mass is 10.0. The third-order valence-electron chi connectivity index (χ3n) is 4.00. The number of hydrogen-bond acceptors (Lipinski definition) is 2. The first-order valence-corrected chi connectivity index (χ1v) is 7.45. The predicted octanol–water partition coefficient (Wildman–Crippen LogP) is 4.70. The van der Waals surface area contributed by atoms with Gasteiger partial charge in [-0.05, 0) is 52.4 Å². The van der Waals surface area contributed by atoms with Crippen molar-refractivity contribution in [1.82, 2.24) is 0 Å². The van der Waals surface area contributed by atoms with Crippen molar-refractivity contribution in [2.75, 3.05) is 5.43 Å². The summed E-state index contributed by atoms with van der Waals surface area (Å²) < 4.78 is 0. The van der Waals surface area contributed by atoms with E-state index in [1.54, 1.807) is 0 Å². The molecular weight excluding hydrogens is 268 g/mol. The highest BCUT2D eigenvalue weighted by Gasteiger charge is 2.17. The number of anilines is 1. The molecule has 4 rings (SSSR count). The fraction of sp³-hybridized carbons (Fsp3) is 0.0500. The van der Waals surface area contributed by atoms with Crippen LogP contribution in [0.2, 0.25) is 0 Å². The molecule has 0 radical (unpaired) electrons. The summed E-state index contributed by atoms with van der Waals surface area (Å²) in [7, 11) is 0. The Labute approximate surface area is 130 Å². The SMILES string of the molecule is C(=NNc1ccccc1)c1ccc2c(c1)Cc1ccccc1-2. The largest absolute Gasteiger partial charge is 0.279 e. The van der Waals surface area contributed by atoms with E-state index < -0.39 is 0 Å². The average Bonchev–Trinajstić information content (AvgIpc) is 2.93. The summed E-state index contributed by atoms with van der Waals surface area (Å²) in [5.41, 5.74) is 10.7. The number of hydrazone groups is 1. The number of hydrogen-bond donors (Lipinski definition) is 1. The molecule has 22 heavy (non-hydrogen) atoms. The second kappa shape index (κ2) is 5.49. The van der Waals surface area contributed by atoms with Gasteiger partial charge >= 0.3 is 0 Å². The first-order chi connectivity index (χ1) is 10.9. The Hall–Kier alpha value is -2.87. The van der Waals surface area contributed by atoms with Gasteiger partial charge in [-0.2, -0.15) is 5.10 Å². The lowest BCUT2D eigenvalue weighted by Gasteiger charge is -2.02. The van der Waals surface area contributed by atoms with Crippen LogP contribution in [0.3, 0.4) is 0 Å². The van der Waals surface area contributed by atoms with E-state index in [1.807, 2.05) is 36.5 Å². The fourth-order valence-electron chi connectivity index (χ4n) is 2.94. The molecule has 0 fully saturated rings. The molecule has 0 bridgehead atoms. The van der Waals surface area contributed by atoms with Crippen molar-refractivity contribution in [3.8, 4) is 11.1 Å². The monoisotopic (exact) mass is 284 g/mol. The predicted molar refractivity (Wildman–Crippen MR) is 92.3 cm³/mol. The van der Waals surface area contributed by atoms with Gasteiger partial charge in [0.25, 0.3) is 0 Å². The van der Waals surface area contributed by atoms with Crippen LogP contribution < -0.4 is 5.43 Å². The number of para-hydroxylation sites is 1. The zero-order valence-corrected chi connectivity index (χ0v) is 12.2. The molecule has 0 atom stereocenters. The second-order valence-corrected chi connectivity index (χ2v) is 5.49. The van der Waals surface area contributed by atoms with Gasteiger partial charge in [-0.1, -0.05) is 54.6 Å². The number of rotatable bonds is 3. The quantitative estimate of drug-likeness (QED) is 0.428. The van der Waals surface area contributed by atoms with E-state index in [0.717, 1.165) is 17.7 Å². The van der Waals surface area contributed by atoms with Gasteiger partial charge < -0.3 is 0 Å². The zero-order valence-electron chi connectivity index (χ0n) is 12.2. The maximum atomic E-state index is 4.31. The van der Waals surface area contributed by atoms with E-state index in [4.69, 9.17) is 0 Å². The summed E-state index contributed by atoms with van der Waals surface area (Å²) in [5.74, 6) is 0. The smallest absolute Gasteiger partial charge is 0.0561 e. The van der Waals surface area contributed by atoms with Gasteiger partial charge in [-0.25, -0.2) is 0 Å². The maximum absolute atomic E-state index is 4.31. The molecular formula is C20H16N2. The molecule has 0 amide bonds. The van der Waals surface area contributed by atoms with E-state index in [9.17, 15) is 0 Å². The van der Waals surface area contributed by atoms with Crippen molar-refractivity contribution in [2.24, 2.45) is 5.10 Å². The molecule has 0 saturated carbocycles. The van der Waals surface area contributed by atoms with E-state index in [1.165, 1.54) is 22.3 Å². The molecule has 1 aliphatic rings. The molecule has 0 aromatic heterocycles. The molecule has 0 unspecified atom stereocenters. The second-order valence-electron chi connectivity index (χ2n) is 5.49. The van der Waals surface area contributed by atoms with Gasteiger partial charge in [0, 0.05) is 0 Å². The standard InChI is InChI=1S/C20H16N2/c1-2-7-18(8-3-1)22-21-14-15-10-11-20-17(12-15)13-16-6-4-5-9-19(16)20/h1-12,14,22H,13H2. The Morgan fingerprint density at radius 1 is 0.773 bits per heavy atom. The van der Waals surface area contributed by atoms with Crippen LogP contribution in [0, 0.1) is 0 Å². The topological polar surface area (TPSA) is 24.4 Å². The van der Waals surface area contributed by atoms with E-state index in [-0.39, 0.29) is 0 Å². The Balaban J connectivity index is 1.55. The molecule has 1 N–H and O–H groups in total. The minimum absolute atomic E-state index is 0.993. The van der Waals surface area contributed by atoms with Crippen LogP contribution in [0.1, 0.15) is 16.7 Å². The Morgan fingerprint density at radius 2 is 1.55 bits per heavy atom. The number of nitrogens with zero attached hydrogens (tertiary/aromatic N) is 1. The summed E-state index contributed by atoms with van der Waals surface area (Å²) in [6, 6.07) is 25.1. The Bertz CT molecular complexity index is 835. The molecule has 1 aliphatic carbocycles. The van der Waals surface area contributed by atoms with Gasteiger partial charge in [-0.3, -0.25) is 5.43 Å². The van der Waals surface area contributed by atoms with Gasteiger partial charge in [-0.15, -0.1) is 0 Å². The summed E-state index contributed by atoms with van der Waals surface area (Å²) in [4.78, 5) is 0. The first kappa shape index (κ1) is 12.8. The van der Waals surface area contributed by atoms with Crippen molar-refractivity contribution in [2.45, 2.75) is 6.42 Å². The van der Waals surface area contributed by atoms with Crippen LogP contribution in [0.25, 0.3) is 11.1 Å². The van der Waals surface area contributed by atoms with Crippen LogP contribution in [0.4, 0.5) is 5.69 Å². The van der Waals surface area contributed by atoms with Crippen molar-refractivity contribution in [1.29, 1.82) is 0 Å². The highest BCUT2D eigenvalue weighted by atomic mass is 15.3. The number of benzene rings is 3. The highest BCUT2D eigenvalue weighted by Crippen LogP contribution is 2.36. The van der Waals surface area contributed by atoms with Crippen LogP contribution >= 0.6 is 0 Å². The van der Waals surface area contributed by atoms with Crippen LogP contribution in [-0.4, -0.2) is 6.21 Å². The van der Waals surface area contributed by atoms with Crippen LogP contribution in [-0.2, 0) is 6.42 Å². The molecule has 3 aromatic carbocycles. The molecule has 0 heterocycles.